The van der Waals surface area contributed by atoms with Gasteiger partial charge >= 0.3 is 0 Å². The smallest absolute Gasteiger partial charge is 0.219 e. The van der Waals surface area contributed by atoms with Crippen LogP contribution in [0.1, 0.15) is 45.4 Å². The van der Waals surface area contributed by atoms with Gasteiger partial charge in [-0.1, -0.05) is 26.2 Å². The van der Waals surface area contributed by atoms with Crippen molar-refractivity contribution in [1.82, 2.24) is 4.90 Å². The van der Waals surface area contributed by atoms with Crippen molar-refractivity contribution in [2.45, 2.75) is 51.5 Å². The minimum atomic E-state index is 0.218. The van der Waals surface area contributed by atoms with Gasteiger partial charge in [0.05, 0.1) is 0 Å². The van der Waals surface area contributed by atoms with Crippen LogP contribution in [0.5, 0.6) is 0 Å². The minimum Gasteiger partial charge on any atom is -0.340 e. The first-order valence-corrected chi connectivity index (χ1v) is 5.32. The molecule has 0 aliphatic heterocycles. The third-order valence-electron chi connectivity index (χ3n) is 2.82. The summed E-state index contributed by atoms with van der Waals surface area (Å²) >= 11 is 0. The highest BCUT2D eigenvalue weighted by molar-refractivity contribution is 5.73. The molecule has 13 heavy (non-hydrogen) atoms. The van der Waals surface area contributed by atoms with Gasteiger partial charge in [-0.15, -0.1) is 0 Å². The monoisotopic (exact) mass is 182 g/mol. The van der Waals surface area contributed by atoms with Crippen molar-refractivity contribution in [3.8, 4) is 0 Å². The molecule has 0 aromatic rings. The van der Waals surface area contributed by atoms with Crippen LogP contribution in [0.3, 0.4) is 0 Å². The summed E-state index contributed by atoms with van der Waals surface area (Å²) in [4.78, 5) is 13.3. The van der Waals surface area contributed by atoms with Crippen LogP contribution in [0.2, 0.25) is 0 Å². The number of hydrogen-bond acceptors (Lipinski definition) is 1. The average molecular weight is 182 g/mol. The first-order chi connectivity index (χ1) is 6.25. The molecule has 1 aliphatic rings. The molecule has 2 heteroatoms. The molecule has 0 saturated heterocycles. The van der Waals surface area contributed by atoms with E-state index < -0.39 is 0 Å². The Balaban J connectivity index is 2.46. The van der Waals surface area contributed by atoms with Gasteiger partial charge in [0.1, 0.15) is 0 Å². The highest BCUT2D eigenvalue weighted by Crippen LogP contribution is 2.22. The SMILES string of the molecule is [CH2]CCN(C(C)=O)C1CCCCC1. The first-order valence-electron chi connectivity index (χ1n) is 5.32. The Labute approximate surface area is 81.3 Å². The van der Waals surface area contributed by atoms with Gasteiger partial charge in [-0.2, -0.15) is 0 Å². The van der Waals surface area contributed by atoms with Gasteiger partial charge in [0.2, 0.25) is 5.91 Å². The van der Waals surface area contributed by atoms with Crippen LogP contribution in [0.4, 0.5) is 0 Å². The Bertz CT molecular complexity index is 161. The van der Waals surface area contributed by atoms with Crippen molar-refractivity contribution in [2.24, 2.45) is 0 Å². The van der Waals surface area contributed by atoms with E-state index in [1.165, 1.54) is 32.1 Å². The van der Waals surface area contributed by atoms with E-state index in [4.69, 9.17) is 0 Å². The fraction of sp³-hybridized carbons (Fsp3) is 0.818. The Kier molecular flexibility index (Phi) is 4.26. The Morgan fingerprint density at radius 3 is 2.46 bits per heavy atom. The number of nitrogens with zero attached hydrogens (tertiary/aromatic N) is 1. The Hall–Kier alpha value is -0.530. The Morgan fingerprint density at radius 2 is 2.00 bits per heavy atom. The third-order valence-corrected chi connectivity index (χ3v) is 2.82. The largest absolute Gasteiger partial charge is 0.340 e. The molecule has 1 amide bonds. The second-order valence-electron chi connectivity index (χ2n) is 3.86. The molecule has 1 fully saturated rings. The molecule has 1 radical (unpaired) electrons. The maximum atomic E-state index is 11.3. The first kappa shape index (κ1) is 10.6. The molecule has 2 nitrogen and oxygen atoms in total. The second-order valence-corrected chi connectivity index (χ2v) is 3.86. The summed E-state index contributed by atoms with van der Waals surface area (Å²) in [6, 6.07) is 0.507. The molecule has 0 N–H and O–H groups in total. The number of carbonyl (C=O) groups is 1. The van der Waals surface area contributed by atoms with E-state index in [-0.39, 0.29) is 5.91 Å². The van der Waals surface area contributed by atoms with Gasteiger partial charge in [-0.05, 0) is 19.3 Å². The van der Waals surface area contributed by atoms with Crippen LogP contribution in [0.25, 0.3) is 0 Å². The van der Waals surface area contributed by atoms with Crippen molar-refractivity contribution < 1.29 is 4.79 Å². The van der Waals surface area contributed by atoms with Gasteiger partial charge in [0.15, 0.2) is 0 Å². The Morgan fingerprint density at radius 1 is 1.38 bits per heavy atom. The average Bonchev–Trinajstić information content (AvgIpc) is 2.15. The van der Waals surface area contributed by atoms with Gasteiger partial charge < -0.3 is 4.90 Å². The molecule has 0 unspecified atom stereocenters. The molecule has 0 bridgehead atoms. The zero-order valence-corrected chi connectivity index (χ0v) is 8.59. The van der Waals surface area contributed by atoms with E-state index in [1.54, 1.807) is 6.92 Å². The standard InChI is InChI=1S/C11H20NO/c1-3-9-12(10(2)13)11-7-5-4-6-8-11/h11H,1,3-9H2,2H3. The van der Waals surface area contributed by atoms with Crippen LogP contribution < -0.4 is 0 Å². The zero-order chi connectivity index (χ0) is 9.68. The number of amides is 1. The highest BCUT2D eigenvalue weighted by atomic mass is 16.2. The predicted molar refractivity (Wildman–Crippen MR) is 54.2 cm³/mol. The molecule has 0 aromatic heterocycles. The summed E-state index contributed by atoms with van der Waals surface area (Å²) in [7, 11) is 0. The van der Waals surface area contributed by atoms with E-state index in [1.807, 2.05) is 4.90 Å². The fourth-order valence-electron chi connectivity index (χ4n) is 2.16. The molecule has 0 heterocycles. The molecule has 1 aliphatic carbocycles. The summed E-state index contributed by atoms with van der Waals surface area (Å²) in [5.74, 6) is 0.218. The summed E-state index contributed by atoms with van der Waals surface area (Å²) < 4.78 is 0. The van der Waals surface area contributed by atoms with Crippen LogP contribution in [0, 0.1) is 6.92 Å². The topological polar surface area (TPSA) is 20.3 Å². The van der Waals surface area contributed by atoms with Crippen LogP contribution in [-0.4, -0.2) is 23.4 Å². The van der Waals surface area contributed by atoms with E-state index in [9.17, 15) is 4.79 Å². The van der Waals surface area contributed by atoms with Crippen molar-refractivity contribution in [1.29, 1.82) is 0 Å². The molecule has 75 valence electrons. The normalized spacial score (nSPS) is 18.6. The number of hydrogen-bond donors (Lipinski definition) is 0. The predicted octanol–water partition coefficient (Wildman–Crippen LogP) is 2.39. The molecular formula is C11H20NO. The lowest BCUT2D eigenvalue weighted by molar-refractivity contribution is -0.131. The second kappa shape index (κ2) is 5.25. The van der Waals surface area contributed by atoms with E-state index in [0.717, 1.165) is 13.0 Å². The van der Waals surface area contributed by atoms with E-state index in [0.29, 0.717) is 6.04 Å². The quantitative estimate of drug-likeness (QED) is 0.656. The molecule has 1 rings (SSSR count). The number of rotatable bonds is 3. The maximum absolute atomic E-state index is 11.3. The molecule has 0 spiro atoms. The number of carbonyl (C=O) groups excluding carboxylic acids is 1. The zero-order valence-electron chi connectivity index (χ0n) is 8.59. The lowest BCUT2D eigenvalue weighted by Crippen LogP contribution is -2.40. The lowest BCUT2D eigenvalue weighted by Gasteiger charge is -2.33. The molecular weight excluding hydrogens is 162 g/mol. The van der Waals surface area contributed by atoms with Gasteiger partial charge in [0, 0.05) is 19.5 Å². The van der Waals surface area contributed by atoms with Gasteiger partial charge in [0.25, 0.3) is 0 Å². The van der Waals surface area contributed by atoms with Crippen molar-refractivity contribution in [3.05, 3.63) is 6.92 Å². The molecule has 0 atom stereocenters. The fourth-order valence-corrected chi connectivity index (χ4v) is 2.16. The van der Waals surface area contributed by atoms with Crippen LogP contribution in [0.15, 0.2) is 0 Å². The van der Waals surface area contributed by atoms with E-state index in [2.05, 4.69) is 6.92 Å². The minimum absolute atomic E-state index is 0.218. The molecule has 1 saturated carbocycles. The summed E-state index contributed by atoms with van der Waals surface area (Å²) in [5.41, 5.74) is 0. The van der Waals surface area contributed by atoms with Crippen molar-refractivity contribution in [3.63, 3.8) is 0 Å². The lowest BCUT2D eigenvalue weighted by atomic mass is 9.94. The third kappa shape index (κ3) is 3.02. The van der Waals surface area contributed by atoms with Gasteiger partial charge in [-0.3, -0.25) is 4.79 Å². The van der Waals surface area contributed by atoms with E-state index >= 15 is 0 Å². The van der Waals surface area contributed by atoms with Gasteiger partial charge in [-0.25, -0.2) is 0 Å². The maximum Gasteiger partial charge on any atom is 0.219 e. The highest BCUT2D eigenvalue weighted by Gasteiger charge is 2.21. The van der Waals surface area contributed by atoms with Crippen molar-refractivity contribution in [2.75, 3.05) is 6.54 Å². The molecule has 0 aromatic carbocycles. The van der Waals surface area contributed by atoms with Crippen molar-refractivity contribution >= 4 is 5.91 Å². The summed E-state index contributed by atoms with van der Waals surface area (Å²) in [6.07, 6.45) is 7.12. The van der Waals surface area contributed by atoms with Crippen LogP contribution >= 0.6 is 0 Å². The van der Waals surface area contributed by atoms with Crippen LogP contribution in [-0.2, 0) is 4.79 Å². The summed E-state index contributed by atoms with van der Waals surface area (Å²) in [5, 5.41) is 0. The summed E-state index contributed by atoms with van der Waals surface area (Å²) in [6.45, 7) is 6.31.